The van der Waals surface area contributed by atoms with Crippen molar-refractivity contribution in [2.45, 2.75) is 38.4 Å². The SMILES string of the molecule is CCc1nnsc1C(O)c1ccc(OC2CC2)cc1. The predicted molar refractivity (Wildman–Crippen MR) is 73.4 cm³/mol. The number of aliphatic hydroxyl groups excluding tert-OH is 1. The van der Waals surface area contributed by atoms with Gasteiger partial charge in [-0.25, -0.2) is 0 Å². The van der Waals surface area contributed by atoms with Crippen LogP contribution < -0.4 is 4.74 Å². The van der Waals surface area contributed by atoms with Crippen LogP contribution in [-0.2, 0) is 6.42 Å². The lowest BCUT2D eigenvalue weighted by Gasteiger charge is -2.11. The number of ether oxygens (including phenoxy) is 1. The topological polar surface area (TPSA) is 55.2 Å². The molecule has 0 bridgehead atoms. The van der Waals surface area contributed by atoms with Crippen molar-refractivity contribution in [1.29, 1.82) is 0 Å². The molecule has 0 amide bonds. The van der Waals surface area contributed by atoms with Crippen LogP contribution >= 0.6 is 11.5 Å². The third-order valence-electron chi connectivity index (χ3n) is 3.19. The van der Waals surface area contributed by atoms with E-state index in [1.165, 1.54) is 11.5 Å². The Morgan fingerprint density at radius 2 is 2.11 bits per heavy atom. The first kappa shape index (κ1) is 12.6. The van der Waals surface area contributed by atoms with Crippen LogP contribution in [0.1, 0.15) is 42.0 Å². The van der Waals surface area contributed by atoms with Crippen molar-refractivity contribution in [1.82, 2.24) is 9.59 Å². The molecular formula is C14H16N2O2S. The maximum absolute atomic E-state index is 10.4. The molecule has 1 aliphatic rings. The second kappa shape index (κ2) is 5.27. The third-order valence-corrected chi connectivity index (χ3v) is 4.01. The summed E-state index contributed by atoms with van der Waals surface area (Å²) in [6.45, 7) is 2.01. The quantitative estimate of drug-likeness (QED) is 0.912. The van der Waals surface area contributed by atoms with Crippen molar-refractivity contribution in [2.24, 2.45) is 0 Å². The van der Waals surface area contributed by atoms with Gasteiger partial charge in [-0.1, -0.05) is 23.5 Å². The van der Waals surface area contributed by atoms with Crippen LogP contribution in [-0.4, -0.2) is 20.8 Å². The van der Waals surface area contributed by atoms with Gasteiger partial charge in [0.2, 0.25) is 0 Å². The molecule has 1 N–H and O–H groups in total. The van der Waals surface area contributed by atoms with E-state index in [0.717, 1.165) is 41.1 Å². The Bertz CT molecular complexity index is 549. The molecule has 100 valence electrons. The van der Waals surface area contributed by atoms with Crippen molar-refractivity contribution in [3.05, 3.63) is 40.4 Å². The van der Waals surface area contributed by atoms with Gasteiger partial charge in [0, 0.05) is 0 Å². The van der Waals surface area contributed by atoms with Gasteiger partial charge >= 0.3 is 0 Å². The fourth-order valence-corrected chi connectivity index (χ4v) is 2.68. The van der Waals surface area contributed by atoms with Crippen molar-refractivity contribution in [2.75, 3.05) is 0 Å². The van der Waals surface area contributed by atoms with E-state index in [0.29, 0.717) is 6.10 Å². The third kappa shape index (κ3) is 2.77. The summed E-state index contributed by atoms with van der Waals surface area (Å²) in [5.74, 6) is 0.872. The zero-order valence-corrected chi connectivity index (χ0v) is 11.6. The zero-order chi connectivity index (χ0) is 13.2. The summed E-state index contributed by atoms with van der Waals surface area (Å²) in [6.07, 6.45) is 2.83. The van der Waals surface area contributed by atoms with Crippen LogP contribution in [0.2, 0.25) is 0 Å². The highest BCUT2D eigenvalue weighted by Gasteiger charge is 2.23. The van der Waals surface area contributed by atoms with Crippen LogP contribution in [0.25, 0.3) is 0 Å². The number of nitrogens with zero attached hydrogens (tertiary/aromatic N) is 2. The molecule has 0 aliphatic heterocycles. The molecule has 3 rings (SSSR count). The zero-order valence-electron chi connectivity index (χ0n) is 10.7. The van der Waals surface area contributed by atoms with Gasteiger partial charge in [-0.15, -0.1) is 5.10 Å². The molecule has 1 fully saturated rings. The Hall–Kier alpha value is -1.46. The van der Waals surface area contributed by atoms with Crippen LogP contribution in [0.4, 0.5) is 0 Å². The van der Waals surface area contributed by atoms with E-state index >= 15 is 0 Å². The molecule has 1 aromatic carbocycles. The monoisotopic (exact) mass is 276 g/mol. The van der Waals surface area contributed by atoms with Gasteiger partial charge in [-0.3, -0.25) is 0 Å². The van der Waals surface area contributed by atoms with E-state index in [-0.39, 0.29) is 0 Å². The average molecular weight is 276 g/mol. The van der Waals surface area contributed by atoms with Gasteiger partial charge in [0.1, 0.15) is 11.9 Å². The van der Waals surface area contributed by atoms with Crippen LogP contribution in [0, 0.1) is 0 Å². The lowest BCUT2D eigenvalue weighted by atomic mass is 10.1. The summed E-state index contributed by atoms with van der Waals surface area (Å²) < 4.78 is 9.60. The number of hydrogen-bond donors (Lipinski definition) is 1. The number of benzene rings is 1. The molecular weight excluding hydrogens is 260 g/mol. The van der Waals surface area contributed by atoms with Gasteiger partial charge in [-0.05, 0) is 48.5 Å². The number of aryl methyl sites for hydroxylation is 1. The predicted octanol–water partition coefficient (Wildman–Crippen LogP) is 2.72. The lowest BCUT2D eigenvalue weighted by Crippen LogP contribution is -2.01. The van der Waals surface area contributed by atoms with Gasteiger partial charge in [-0.2, -0.15) is 0 Å². The molecule has 1 unspecified atom stereocenters. The minimum atomic E-state index is -0.648. The van der Waals surface area contributed by atoms with Crippen LogP contribution in [0.3, 0.4) is 0 Å². The summed E-state index contributed by atoms with van der Waals surface area (Å²) in [7, 11) is 0. The maximum Gasteiger partial charge on any atom is 0.119 e. The molecule has 1 heterocycles. The Balaban J connectivity index is 1.77. The molecule has 1 atom stereocenters. The standard InChI is InChI=1S/C14H16N2O2S/c1-2-12-14(19-16-15-12)13(17)9-3-5-10(6-4-9)18-11-7-8-11/h3-6,11,13,17H,2,7-8H2,1H3. The van der Waals surface area contributed by atoms with Crippen molar-refractivity contribution in [3.63, 3.8) is 0 Å². The van der Waals surface area contributed by atoms with E-state index in [9.17, 15) is 5.11 Å². The summed E-state index contributed by atoms with van der Waals surface area (Å²) >= 11 is 1.26. The summed E-state index contributed by atoms with van der Waals surface area (Å²) in [5, 5.41) is 14.4. The highest BCUT2D eigenvalue weighted by molar-refractivity contribution is 7.05. The second-order valence-corrected chi connectivity index (χ2v) is 5.51. The lowest BCUT2D eigenvalue weighted by molar-refractivity contribution is 0.222. The highest BCUT2D eigenvalue weighted by Crippen LogP contribution is 2.30. The average Bonchev–Trinajstić information content (AvgIpc) is 3.12. The smallest absolute Gasteiger partial charge is 0.119 e. The first-order chi connectivity index (χ1) is 9.28. The minimum Gasteiger partial charge on any atom is -0.490 e. The van der Waals surface area contributed by atoms with E-state index in [1.54, 1.807) is 0 Å². The summed E-state index contributed by atoms with van der Waals surface area (Å²) in [5.41, 5.74) is 1.72. The summed E-state index contributed by atoms with van der Waals surface area (Å²) in [6, 6.07) is 7.64. The molecule has 2 aromatic rings. The Morgan fingerprint density at radius 3 is 2.74 bits per heavy atom. The molecule has 1 aliphatic carbocycles. The molecule has 5 heteroatoms. The highest BCUT2D eigenvalue weighted by atomic mass is 32.1. The van der Waals surface area contributed by atoms with Crippen molar-refractivity contribution >= 4 is 11.5 Å². The molecule has 19 heavy (non-hydrogen) atoms. The molecule has 1 saturated carbocycles. The Labute approximate surface area is 116 Å². The normalized spacial score (nSPS) is 16.3. The summed E-state index contributed by atoms with van der Waals surface area (Å²) in [4.78, 5) is 0.832. The van der Waals surface area contributed by atoms with Crippen molar-refractivity contribution < 1.29 is 9.84 Å². The van der Waals surface area contributed by atoms with E-state index < -0.39 is 6.10 Å². The van der Waals surface area contributed by atoms with Gasteiger partial charge in [0.05, 0.1) is 16.7 Å². The van der Waals surface area contributed by atoms with Gasteiger partial charge < -0.3 is 9.84 Å². The molecule has 0 radical (unpaired) electrons. The van der Waals surface area contributed by atoms with E-state index in [2.05, 4.69) is 9.59 Å². The largest absolute Gasteiger partial charge is 0.490 e. The molecule has 0 saturated heterocycles. The number of rotatable bonds is 5. The molecule has 1 aromatic heterocycles. The fourth-order valence-electron chi connectivity index (χ4n) is 1.93. The fraction of sp³-hybridized carbons (Fsp3) is 0.429. The van der Waals surface area contributed by atoms with Crippen molar-refractivity contribution in [3.8, 4) is 5.75 Å². The number of hydrogen-bond acceptors (Lipinski definition) is 5. The van der Waals surface area contributed by atoms with Gasteiger partial charge in [0.15, 0.2) is 0 Å². The van der Waals surface area contributed by atoms with Crippen LogP contribution in [0.5, 0.6) is 5.75 Å². The maximum atomic E-state index is 10.4. The van der Waals surface area contributed by atoms with E-state index in [1.807, 2.05) is 31.2 Å². The molecule has 4 nitrogen and oxygen atoms in total. The van der Waals surface area contributed by atoms with E-state index in [4.69, 9.17) is 4.74 Å². The first-order valence-electron chi connectivity index (χ1n) is 6.53. The molecule has 0 spiro atoms. The second-order valence-electron chi connectivity index (χ2n) is 4.73. The Morgan fingerprint density at radius 1 is 1.37 bits per heavy atom. The minimum absolute atomic E-state index is 0.396. The van der Waals surface area contributed by atoms with Crippen LogP contribution in [0.15, 0.2) is 24.3 Å². The van der Waals surface area contributed by atoms with Gasteiger partial charge in [0.25, 0.3) is 0 Å². The number of aromatic nitrogens is 2. The Kier molecular flexibility index (Phi) is 3.48. The first-order valence-corrected chi connectivity index (χ1v) is 7.31. The number of aliphatic hydroxyl groups is 1.